The quantitative estimate of drug-likeness (QED) is 0.810. The van der Waals surface area contributed by atoms with Gasteiger partial charge in [-0.25, -0.2) is 9.07 Å². The van der Waals surface area contributed by atoms with E-state index in [0.717, 1.165) is 42.6 Å². The number of nitrogens with zero attached hydrogens (tertiary/aromatic N) is 2. The summed E-state index contributed by atoms with van der Waals surface area (Å²) in [6.45, 7) is 4.49. The number of rotatable bonds is 6. The van der Waals surface area contributed by atoms with Crippen LogP contribution in [0.5, 0.6) is 0 Å². The topological polar surface area (TPSA) is 72.9 Å². The summed E-state index contributed by atoms with van der Waals surface area (Å²) in [5.41, 5.74) is 8.65. The second-order valence-electron chi connectivity index (χ2n) is 7.80. The Kier molecular flexibility index (Phi) is 5.95. The standard InChI is InChI=1S/C21H29FN4O/c1-15(25-20(27)12-21(14-23)10-4-3-5-11-21)19-13-24-26(16(19)2)18-8-6-17(22)7-9-18/h6-9,13,15H,3-5,10-12,14,23H2,1-2H3,(H,25,27). The molecule has 0 spiro atoms. The highest BCUT2D eigenvalue weighted by Crippen LogP contribution is 2.38. The second kappa shape index (κ2) is 8.21. The van der Waals surface area contributed by atoms with E-state index in [9.17, 15) is 9.18 Å². The van der Waals surface area contributed by atoms with Crippen LogP contribution in [0.3, 0.4) is 0 Å². The smallest absolute Gasteiger partial charge is 0.221 e. The maximum atomic E-state index is 13.1. The third-order valence-corrected chi connectivity index (χ3v) is 5.85. The molecule has 146 valence electrons. The van der Waals surface area contributed by atoms with Gasteiger partial charge in [0.15, 0.2) is 0 Å². The molecule has 27 heavy (non-hydrogen) atoms. The van der Waals surface area contributed by atoms with Crippen LogP contribution >= 0.6 is 0 Å². The van der Waals surface area contributed by atoms with E-state index in [1.807, 2.05) is 13.8 Å². The summed E-state index contributed by atoms with van der Waals surface area (Å²) in [5.74, 6) is -0.232. The minimum absolute atomic E-state index is 0.0452. The van der Waals surface area contributed by atoms with Gasteiger partial charge in [0, 0.05) is 17.7 Å². The van der Waals surface area contributed by atoms with Gasteiger partial charge >= 0.3 is 0 Å². The van der Waals surface area contributed by atoms with Gasteiger partial charge in [0.2, 0.25) is 5.91 Å². The van der Waals surface area contributed by atoms with Crippen molar-refractivity contribution >= 4 is 5.91 Å². The molecule has 1 unspecified atom stereocenters. The van der Waals surface area contributed by atoms with Crippen molar-refractivity contribution in [2.75, 3.05) is 6.54 Å². The molecule has 3 N–H and O–H groups in total. The maximum Gasteiger partial charge on any atom is 0.221 e. The molecule has 1 heterocycles. The molecule has 0 radical (unpaired) electrons. The molecular weight excluding hydrogens is 343 g/mol. The number of carbonyl (C=O) groups excluding carboxylic acids is 1. The lowest BCUT2D eigenvalue weighted by Crippen LogP contribution is -2.39. The molecule has 1 aromatic heterocycles. The van der Waals surface area contributed by atoms with Crippen molar-refractivity contribution in [3.63, 3.8) is 0 Å². The monoisotopic (exact) mass is 372 g/mol. The van der Waals surface area contributed by atoms with E-state index < -0.39 is 0 Å². The first kappa shape index (κ1) is 19.5. The zero-order valence-electron chi connectivity index (χ0n) is 16.2. The summed E-state index contributed by atoms with van der Waals surface area (Å²) >= 11 is 0. The van der Waals surface area contributed by atoms with Crippen LogP contribution in [-0.4, -0.2) is 22.2 Å². The van der Waals surface area contributed by atoms with Crippen LogP contribution in [-0.2, 0) is 4.79 Å². The van der Waals surface area contributed by atoms with Crippen LogP contribution in [0.1, 0.15) is 62.7 Å². The van der Waals surface area contributed by atoms with Crippen molar-refractivity contribution in [3.8, 4) is 5.69 Å². The zero-order chi connectivity index (χ0) is 19.4. The Morgan fingerprint density at radius 3 is 2.59 bits per heavy atom. The summed E-state index contributed by atoms with van der Waals surface area (Å²) in [5, 5.41) is 7.52. The molecule has 1 atom stereocenters. The summed E-state index contributed by atoms with van der Waals surface area (Å²) in [7, 11) is 0. The fourth-order valence-corrected chi connectivity index (χ4v) is 4.16. The van der Waals surface area contributed by atoms with E-state index >= 15 is 0 Å². The minimum atomic E-state index is -0.277. The number of carbonyl (C=O) groups is 1. The predicted molar refractivity (Wildman–Crippen MR) is 104 cm³/mol. The third kappa shape index (κ3) is 4.38. The van der Waals surface area contributed by atoms with Gasteiger partial charge in [-0.1, -0.05) is 19.3 Å². The van der Waals surface area contributed by atoms with Gasteiger partial charge in [0.05, 0.1) is 17.9 Å². The number of halogens is 1. The summed E-state index contributed by atoms with van der Waals surface area (Å²) in [6, 6.07) is 6.06. The molecule has 2 aromatic rings. The lowest BCUT2D eigenvalue weighted by molar-refractivity contribution is -0.124. The summed E-state index contributed by atoms with van der Waals surface area (Å²) in [4.78, 5) is 12.6. The van der Waals surface area contributed by atoms with Crippen molar-refractivity contribution in [1.82, 2.24) is 15.1 Å². The van der Waals surface area contributed by atoms with Gasteiger partial charge in [-0.15, -0.1) is 0 Å². The van der Waals surface area contributed by atoms with Crippen LogP contribution < -0.4 is 11.1 Å². The minimum Gasteiger partial charge on any atom is -0.349 e. The predicted octanol–water partition coefficient (Wildman–Crippen LogP) is 3.80. The number of aromatic nitrogens is 2. The number of hydrogen-bond donors (Lipinski definition) is 2. The number of nitrogens with two attached hydrogens (primary N) is 1. The van der Waals surface area contributed by atoms with Crippen LogP contribution in [0.2, 0.25) is 0 Å². The number of benzene rings is 1. The van der Waals surface area contributed by atoms with Crippen molar-refractivity contribution in [3.05, 3.63) is 47.5 Å². The average Bonchev–Trinajstić information content (AvgIpc) is 3.04. The molecule has 6 heteroatoms. The number of hydrogen-bond acceptors (Lipinski definition) is 3. The fraction of sp³-hybridized carbons (Fsp3) is 0.524. The first-order valence-electron chi connectivity index (χ1n) is 9.74. The van der Waals surface area contributed by atoms with Gasteiger partial charge in [0.1, 0.15) is 5.82 Å². The first-order chi connectivity index (χ1) is 12.9. The van der Waals surface area contributed by atoms with E-state index in [1.54, 1.807) is 23.0 Å². The highest BCUT2D eigenvalue weighted by molar-refractivity contribution is 5.77. The molecule has 0 saturated heterocycles. The molecule has 3 rings (SSSR count). The van der Waals surface area contributed by atoms with E-state index in [1.165, 1.54) is 18.6 Å². The number of nitrogens with one attached hydrogen (secondary N) is 1. The van der Waals surface area contributed by atoms with Crippen molar-refractivity contribution < 1.29 is 9.18 Å². The molecule has 1 aliphatic rings. The molecule has 0 aliphatic heterocycles. The Morgan fingerprint density at radius 2 is 1.96 bits per heavy atom. The lowest BCUT2D eigenvalue weighted by Gasteiger charge is -2.36. The molecule has 5 nitrogen and oxygen atoms in total. The van der Waals surface area contributed by atoms with Gasteiger partial charge in [0.25, 0.3) is 0 Å². The largest absolute Gasteiger partial charge is 0.349 e. The van der Waals surface area contributed by atoms with Crippen LogP contribution in [0.25, 0.3) is 5.69 Å². The van der Waals surface area contributed by atoms with Crippen LogP contribution in [0.4, 0.5) is 4.39 Å². The zero-order valence-corrected chi connectivity index (χ0v) is 16.2. The van der Waals surface area contributed by atoms with Crippen molar-refractivity contribution in [1.29, 1.82) is 0 Å². The van der Waals surface area contributed by atoms with Crippen molar-refractivity contribution in [2.45, 2.75) is 58.4 Å². The maximum absolute atomic E-state index is 13.1. The molecule has 1 aromatic carbocycles. The van der Waals surface area contributed by atoms with Gasteiger partial charge in [-0.2, -0.15) is 5.10 Å². The molecule has 1 amide bonds. The Labute approximate surface area is 160 Å². The van der Waals surface area contributed by atoms with Crippen molar-refractivity contribution in [2.24, 2.45) is 11.1 Å². The Morgan fingerprint density at radius 1 is 1.30 bits per heavy atom. The normalized spacial score (nSPS) is 17.5. The van der Waals surface area contributed by atoms with E-state index in [-0.39, 0.29) is 23.2 Å². The Bertz CT molecular complexity index is 778. The van der Waals surface area contributed by atoms with E-state index in [2.05, 4.69) is 10.4 Å². The Hall–Kier alpha value is -2.21. The molecule has 1 aliphatic carbocycles. The highest BCUT2D eigenvalue weighted by Gasteiger charge is 2.33. The van der Waals surface area contributed by atoms with E-state index in [0.29, 0.717) is 13.0 Å². The van der Waals surface area contributed by atoms with Crippen LogP contribution in [0.15, 0.2) is 30.5 Å². The SMILES string of the molecule is Cc1c(C(C)NC(=O)CC2(CN)CCCCC2)cnn1-c1ccc(F)cc1. The molecule has 1 fully saturated rings. The first-order valence-corrected chi connectivity index (χ1v) is 9.74. The highest BCUT2D eigenvalue weighted by atomic mass is 19.1. The summed E-state index contributed by atoms with van der Waals surface area (Å²) < 4.78 is 14.9. The third-order valence-electron chi connectivity index (χ3n) is 5.85. The number of amides is 1. The lowest BCUT2D eigenvalue weighted by atomic mass is 9.71. The summed E-state index contributed by atoms with van der Waals surface area (Å²) in [6.07, 6.45) is 7.87. The molecule has 1 saturated carbocycles. The van der Waals surface area contributed by atoms with Gasteiger partial charge in [-0.3, -0.25) is 4.79 Å². The van der Waals surface area contributed by atoms with Crippen LogP contribution in [0, 0.1) is 18.2 Å². The molecule has 0 bridgehead atoms. The second-order valence-corrected chi connectivity index (χ2v) is 7.80. The van der Waals surface area contributed by atoms with Gasteiger partial charge in [-0.05, 0) is 62.9 Å². The van der Waals surface area contributed by atoms with Gasteiger partial charge < -0.3 is 11.1 Å². The Balaban J connectivity index is 1.68. The fourth-order valence-electron chi connectivity index (χ4n) is 4.16. The average molecular weight is 372 g/mol. The molecular formula is C21H29FN4O. The van der Waals surface area contributed by atoms with E-state index in [4.69, 9.17) is 5.73 Å².